The van der Waals surface area contributed by atoms with Gasteiger partial charge in [-0.3, -0.25) is 0 Å². The number of rotatable bonds is 4. The van der Waals surface area contributed by atoms with Gasteiger partial charge in [0, 0.05) is 25.8 Å². The van der Waals surface area contributed by atoms with Gasteiger partial charge in [-0.1, -0.05) is 24.4 Å². The Morgan fingerprint density at radius 2 is 2.00 bits per heavy atom. The molecular formula is C14H14ClN3O4S. The number of amides is 2. The first-order valence-electron chi connectivity index (χ1n) is 6.38. The quantitative estimate of drug-likeness (QED) is 0.730. The zero-order valence-corrected chi connectivity index (χ0v) is 13.9. The summed E-state index contributed by atoms with van der Waals surface area (Å²) in [6.45, 7) is 0. The Balaban J connectivity index is 2.11. The summed E-state index contributed by atoms with van der Waals surface area (Å²) >= 11 is 10.2. The van der Waals surface area contributed by atoms with Crippen molar-refractivity contribution in [3.63, 3.8) is 0 Å². The summed E-state index contributed by atoms with van der Waals surface area (Å²) in [5.41, 5.74) is 1.49. The standard InChI is InChI=1S/C14H14ClN3O4S/c1-17(2)11-4-3-8(5-10(11)15)16-14(21)18(23)9-6-12(13(19)20)22-7-9/h3-7,23H,1-2H3,(H,16,21)(H,19,20). The van der Waals surface area contributed by atoms with Crippen LogP contribution in [0, 0.1) is 0 Å². The fourth-order valence-electron chi connectivity index (χ4n) is 1.79. The highest BCUT2D eigenvalue weighted by atomic mass is 35.5. The van der Waals surface area contributed by atoms with E-state index in [9.17, 15) is 9.59 Å². The minimum atomic E-state index is -1.23. The Labute approximate surface area is 143 Å². The van der Waals surface area contributed by atoms with Gasteiger partial charge >= 0.3 is 12.0 Å². The fourth-order valence-corrected chi connectivity index (χ4v) is 2.29. The van der Waals surface area contributed by atoms with Crippen molar-refractivity contribution in [2.45, 2.75) is 0 Å². The number of carbonyl (C=O) groups excluding carboxylic acids is 1. The highest BCUT2D eigenvalue weighted by molar-refractivity contribution is 7.82. The normalized spacial score (nSPS) is 10.3. The van der Waals surface area contributed by atoms with E-state index in [0.717, 1.165) is 16.3 Å². The van der Waals surface area contributed by atoms with E-state index in [2.05, 4.69) is 18.1 Å². The van der Waals surface area contributed by atoms with Crippen molar-refractivity contribution in [2.24, 2.45) is 0 Å². The summed E-state index contributed by atoms with van der Waals surface area (Å²) in [5, 5.41) is 11.9. The number of urea groups is 1. The first-order chi connectivity index (χ1) is 10.8. The molecule has 7 nitrogen and oxygen atoms in total. The second kappa shape index (κ2) is 6.84. The molecule has 2 N–H and O–H groups in total. The largest absolute Gasteiger partial charge is 0.475 e. The van der Waals surface area contributed by atoms with Crippen LogP contribution < -0.4 is 14.5 Å². The van der Waals surface area contributed by atoms with Crippen molar-refractivity contribution < 1.29 is 19.1 Å². The molecule has 0 radical (unpaired) electrons. The lowest BCUT2D eigenvalue weighted by molar-refractivity contribution is 0.0662. The molecule has 2 aromatic rings. The first kappa shape index (κ1) is 17.0. The minimum absolute atomic E-state index is 0.194. The van der Waals surface area contributed by atoms with Crippen LogP contribution in [0.5, 0.6) is 0 Å². The zero-order valence-electron chi connectivity index (χ0n) is 12.3. The van der Waals surface area contributed by atoms with E-state index in [1.807, 2.05) is 19.0 Å². The highest BCUT2D eigenvalue weighted by Crippen LogP contribution is 2.28. The Morgan fingerprint density at radius 3 is 2.52 bits per heavy atom. The molecule has 23 heavy (non-hydrogen) atoms. The average molecular weight is 356 g/mol. The molecule has 0 atom stereocenters. The molecule has 0 saturated heterocycles. The van der Waals surface area contributed by atoms with Gasteiger partial charge in [-0.15, -0.1) is 0 Å². The number of carbonyl (C=O) groups is 2. The Kier molecular flexibility index (Phi) is 5.07. The Bertz CT molecular complexity index is 747. The predicted molar refractivity (Wildman–Crippen MR) is 91.9 cm³/mol. The summed E-state index contributed by atoms with van der Waals surface area (Å²) in [5.74, 6) is -1.52. The molecule has 0 bridgehead atoms. The number of nitrogens with one attached hydrogen (secondary N) is 1. The summed E-state index contributed by atoms with van der Waals surface area (Å²) in [6.07, 6.45) is 1.12. The van der Waals surface area contributed by atoms with E-state index in [-0.39, 0.29) is 11.4 Å². The number of aromatic carboxylic acids is 1. The predicted octanol–water partition coefficient (Wildman–Crippen LogP) is 3.58. The van der Waals surface area contributed by atoms with Gasteiger partial charge in [0.2, 0.25) is 5.76 Å². The summed E-state index contributed by atoms with van der Waals surface area (Å²) in [4.78, 5) is 24.7. The molecule has 1 heterocycles. The number of benzene rings is 1. The van der Waals surface area contributed by atoms with Crippen LogP contribution in [0.3, 0.4) is 0 Å². The molecule has 9 heteroatoms. The van der Waals surface area contributed by atoms with Crippen LogP contribution in [0.2, 0.25) is 5.02 Å². The topological polar surface area (TPSA) is 86.0 Å². The smallest absolute Gasteiger partial charge is 0.371 e. The number of halogens is 1. The van der Waals surface area contributed by atoms with Crippen LogP contribution in [-0.2, 0) is 0 Å². The molecule has 1 aromatic heterocycles. The van der Waals surface area contributed by atoms with Crippen LogP contribution in [-0.4, -0.2) is 31.2 Å². The molecule has 0 aliphatic heterocycles. The second-order valence-corrected chi connectivity index (χ2v) is 5.58. The van der Waals surface area contributed by atoms with E-state index in [0.29, 0.717) is 10.7 Å². The minimum Gasteiger partial charge on any atom is -0.475 e. The number of carboxylic acids is 1. The number of nitrogens with zero attached hydrogens (tertiary/aromatic N) is 2. The van der Waals surface area contributed by atoms with E-state index < -0.39 is 12.0 Å². The van der Waals surface area contributed by atoms with Gasteiger partial charge in [0.25, 0.3) is 0 Å². The SMILES string of the molecule is CN(C)c1ccc(NC(=O)N(S)c2coc(C(=O)O)c2)cc1Cl. The van der Waals surface area contributed by atoms with E-state index in [1.165, 1.54) is 6.07 Å². The number of anilines is 3. The summed E-state index contributed by atoms with van der Waals surface area (Å²) in [6, 6.07) is 5.67. The summed E-state index contributed by atoms with van der Waals surface area (Å²) < 4.78 is 5.75. The second-order valence-electron chi connectivity index (χ2n) is 4.78. The van der Waals surface area contributed by atoms with Gasteiger partial charge < -0.3 is 19.7 Å². The van der Waals surface area contributed by atoms with Gasteiger partial charge in [0.15, 0.2) is 0 Å². The number of carboxylic acid groups (broad SMARTS) is 1. The van der Waals surface area contributed by atoms with Gasteiger partial charge in [-0.05, 0) is 18.2 Å². The fraction of sp³-hybridized carbons (Fsp3) is 0.143. The molecule has 0 aliphatic carbocycles. The van der Waals surface area contributed by atoms with Crippen LogP contribution >= 0.6 is 24.4 Å². The molecule has 0 aliphatic rings. The lowest BCUT2D eigenvalue weighted by Crippen LogP contribution is -2.26. The van der Waals surface area contributed by atoms with Gasteiger partial charge in [-0.2, -0.15) is 0 Å². The molecule has 1 aromatic carbocycles. The lowest BCUT2D eigenvalue weighted by Gasteiger charge is -2.17. The Hall–Kier alpha value is -2.32. The molecule has 0 unspecified atom stereocenters. The van der Waals surface area contributed by atoms with Crippen LogP contribution in [0.15, 0.2) is 34.9 Å². The maximum Gasteiger partial charge on any atom is 0.371 e. The van der Waals surface area contributed by atoms with Crippen molar-refractivity contribution in [2.75, 3.05) is 28.6 Å². The molecular weight excluding hydrogens is 342 g/mol. The molecule has 122 valence electrons. The van der Waals surface area contributed by atoms with Crippen molar-refractivity contribution in [3.8, 4) is 0 Å². The van der Waals surface area contributed by atoms with Crippen LogP contribution in [0.4, 0.5) is 21.9 Å². The van der Waals surface area contributed by atoms with Gasteiger partial charge in [0.1, 0.15) is 6.26 Å². The maximum absolute atomic E-state index is 12.1. The zero-order chi connectivity index (χ0) is 17.1. The van der Waals surface area contributed by atoms with Gasteiger partial charge in [-0.25, -0.2) is 13.9 Å². The summed E-state index contributed by atoms with van der Waals surface area (Å²) in [7, 11) is 3.71. The molecule has 0 spiro atoms. The lowest BCUT2D eigenvalue weighted by atomic mass is 10.2. The third kappa shape index (κ3) is 3.91. The average Bonchev–Trinajstić information content (AvgIpc) is 2.96. The maximum atomic E-state index is 12.1. The van der Waals surface area contributed by atoms with Crippen LogP contribution in [0.25, 0.3) is 0 Å². The Morgan fingerprint density at radius 1 is 1.30 bits per heavy atom. The number of thiol groups is 1. The monoisotopic (exact) mass is 355 g/mol. The van der Waals surface area contributed by atoms with Gasteiger partial charge in [0.05, 0.1) is 16.4 Å². The molecule has 2 rings (SSSR count). The third-order valence-electron chi connectivity index (χ3n) is 2.91. The van der Waals surface area contributed by atoms with Crippen molar-refractivity contribution in [1.82, 2.24) is 0 Å². The number of furan rings is 1. The molecule has 0 saturated carbocycles. The van der Waals surface area contributed by atoms with Crippen LogP contribution in [0.1, 0.15) is 10.6 Å². The number of hydrogen-bond donors (Lipinski definition) is 3. The molecule has 0 fully saturated rings. The van der Waals surface area contributed by atoms with E-state index >= 15 is 0 Å². The van der Waals surface area contributed by atoms with Crippen molar-refractivity contribution >= 4 is 53.5 Å². The van der Waals surface area contributed by atoms with Crippen molar-refractivity contribution in [3.05, 3.63) is 41.3 Å². The first-order valence-corrected chi connectivity index (χ1v) is 7.16. The van der Waals surface area contributed by atoms with E-state index in [4.69, 9.17) is 21.1 Å². The van der Waals surface area contributed by atoms with Crippen molar-refractivity contribution in [1.29, 1.82) is 0 Å². The van der Waals surface area contributed by atoms with E-state index in [1.54, 1.807) is 18.2 Å². The third-order valence-corrected chi connectivity index (χ3v) is 3.63. The molecule has 2 amide bonds. The number of hydrogen-bond acceptors (Lipinski definition) is 5. The highest BCUT2D eigenvalue weighted by Gasteiger charge is 2.18.